The number of rotatable bonds is 25. The van der Waals surface area contributed by atoms with Crippen LogP contribution in [0.25, 0.3) is 22.3 Å². The highest BCUT2D eigenvalue weighted by Gasteiger charge is 2.46. The van der Waals surface area contributed by atoms with Crippen LogP contribution in [-0.4, -0.2) is 162 Å². The number of aromatic nitrogens is 2. The third-order valence-electron chi connectivity index (χ3n) is 14.8. The maximum atomic E-state index is 14.2. The summed E-state index contributed by atoms with van der Waals surface area (Å²) in [5.41, 5.74) is 16.0. The molecule has 29 nitrogen and oxygen atoms in total. The van der Waals surface area contributed by atoms with Crippen molar-refractivity contribution < 1.29 is 72.3 Å². The van der Waals surface area contributed by atoms with Crippen molar-refractivity contribution in [1.29, 1.82) is 0 Å². The van der Waals surface area contributed by atoms with Crippen LogP contribution in [-0.2, 0) is 100 Å². The molecule has 29 heteroatoms. The van der Waals surface area contributed by atoms with Crippen LogP contribution in [0.5, 0.6) is 0 Å². The van der Waals surface area contributed by atoms with Gasteiger partial charge in [0.1, 0.15) is 44.0 Å². The number of esters is 1. The summed E-state index contributed by atoms with van der Waals surface area (Å²) < 4.78 is 23.1. The lowest BCUT2D eigenvalue weighted by Gasteiger charge is -2.31. The van der Waals surface area contributed by atoms with Crippen molar-refractivity contribution in [3.63, 3.8) is 0 Å². The van der Waals surface area contributed by atoms with Crippen LogP contribution in [0.1, 0.15) is 71.6 Å². The molecule has 0 spiro atoms. The molecule has 0 bridgehead atoms. The van der Waals surface area contributed by atoms with Gasteiger partial charge in [0.25, 0.3) is 11.5 Å². The zero-order valence-corrected chi connectivity index (χ0v) is 48.5. The summed E-state index contributed by atoms with van der Waals surface area (Å²) in [6.07, 6.45) is 0.613. The van der Waals surface area contributed by atoms with Crippen LogP contribution in [0.4, 0.5) is 0 Å². The summed E-state index contributed by atoms with van der Waals surface area (Å²) in [6.45, 7) is 0.717. The summed E-state index contributed by atoms with van der Waals surface area (Å²) >= 11 is 0. The van der Waals surface area contributed by atoms with Crippen molar-refractivity contribution in [3.05, 3.63) is 134 Å². The average Bonchev–Trinajstić information content (AvgIpc) is 1.66. The maximum Gasteiger partial charge on any atom is 0.343 e. The number of carbonyl (C=O) groups excluding carboxylic acids is 8. The highest BCUT2D eigenvalue weighted by atomic mass is 16.6. The van der Waals surface area contributed by atoms with Crippen molar-refractivity contribution in [1.82, 2.24) is 46.9 Å². The number of nitrogens with two attached hydrogens (primary N) is 2. The number of aliphatic imine (C=N–C) groups is 1. The molecular weight excluding hydrogens is 1160 g/mol. The molecule has 3 aliphatic rings. The van der Waals surface area contributed by atoms with E-state index in [9.17, 15) is 58.2 Å². The number of aliphatic hydroxyl groups is 1. The smallest absolute Gasteiger partial charge is 0.343 e. The van der Waals surface area contributed by atoms with Gasteiger partial charge in [-0.2, -0.15) is 5.10 Å². The van der Waals surface area contributed by atoms with Crippen molar-refractivity contribution in [2.24, 2.45) is 21.6 Å². The van der Waals surface area contributed by atoms with Crippen molar-refractivity contribution in [3.8, 4) is 11.4 Å². The van der Waals surface area contributed by atoms with Gasteiger partial charge in [0.15, 0.2) is 11.6 Å². The van der Waals surface area contributed by atoms with Crippen LogP contribution < -0.4 is 54.4 Å². The van der Waals surface area contributed by atoms with E-state index in [1.54, 1.807) is 73.7 Å². The molecule has 1 saturated heterocycles. The van der Waals surface area contributed by atoms with Gasteiger partial charge in [-0.05, 0) is 48.1 Å². The van der Waals surface area contributed by atoms with Gasteiger partial charge in [-0.3, -0.25) is 48.1 Å². The van der Waals surface area contributed by atoms with Gasteiger partial charge in [0.2, 0.25) is 35.4 Å². The zero-order chi connectivity index (χ0) is 63.6. The number of fused-ring (bicyclic) bond motifs is 5. The summed E-state index contributed by atoms with van der Waals surface area (Å²) in [6, 6.07) is 18.6. The Kier molecular flexibility index (Phi) is 22.3. The molecule has 5 aromatic rings. The van der Waals surface area contributed by atoms with E-state index in [1.165, 1.54) is 10.8 Å². The predicted octanol–water partition coefficient (Wildman–Crippen LogP) is -1.72. The van der Waals surface area contributed by atoms with Gasteiger partial charge in [-0.25, -0.2) is 15.2 Å². The molecule has 7 amide bonds. The van der Waals surface area contributed by atoms with Gasteiger partial charge in [0.05, 0.1) is 74.6 Å². The minimum Gasteiger partial charge on any atom is -0.481 e. The average molecular weight is 1230 g/mol. The molecule has 8 rings (SSSR count). The summed E-state index contributed by atoms with van der Waals surface area (Å²) in [4.78, 5) is 141. The molecule has 0 unspecified atom stereocenters. The molecule has 13 N–H and O–H groups in total. The summed E-state index contributed by atoms with van der Waals surface area (Å²) in [7, 11) is 0. The molecule has 3 aliphatic heterocycles. The Morgan fingerprint density at radius 1 is 0.764 bits per heavy atom. The second-order valence-electron chi connectivity index (χ2n) is 21.0. The number of cyclic esters (lactones) is 1. The van der Waals surface area contributed by atoms with E-state index in [1.807, 2.05) is 18.2 Å². The van der Waals surface area contributed by atoms with Gasteiger partial charge < -0.3 is 77.1 Å². The lowest BCUT2D eigenvalue weighted by Crippen LogP contribution is -2.58. The number of para-hydroxylation sites is 1. The SMILES string of the molecule is CC[C@@]1(O)C(=O)OCc2c1cc1n(c2=O)Cc2c-1nc1ccccc1c2/C=N/NC(=O)COCCOCCOCC(=O)NCc1ccc(C[C@@H]2NC(=O)[C@@H](Cc3ccccc3)NC(=O)[C@H](CC(=O)O)NC(=O)CNC(=O)[C@H](CCCN=C(N)N)NC2=O)cc1. The Labute approximate surface area is 508 Å². The number of hydrogen-bond acceptors (Lipinski definition) is 18. The maximum absolute atomic E-state index is 14.2. The second kappa shape index (κ2) is 30.6. The number of ether oxygens (including phenoxy) is 4. The Morgan fingerprint density at radius 2 is 1.38 bits per heavy atom. The number of nitrogens with one attached hydrogen (secondary N) is 7. The highest BCUT2D eigenvalue weighted by molar-refractivity contribution is 6.03. The number of benzene rings is 3. The van der Waals surface area contributed by atoms with Gasteiger partial charge in [0, 0.05) is 48.0 Å². The van der Waals surface area contributed by atoms with Crippen LogP contribution in [0.2, 0.25) is 0 Å². The fraction of sp³-hybridized carbons (Fsp3) is 0.383. The molecule has 2 aromatic heterocycles. The number of guanidine groups is 1. The largest absolute Gasteiger partial charge is 0.481 e. The Bertz CT molecular complexity index is 3590. The molecule has 5 atom stereocenters. The first-order valence-electron chi connectivity index (χ1n) is 28.6. The van der Waals surface area contributed by atoms with Crippen molar-refractivity contribution in [2.75, 3.05) is 52.7 Å². The van der Waals surface area contributed by atoms with Crippen LogP contribution in [0.3, 0.4) is 0 Å². The Hall–Kier alpha value is -9.97. The van der Waals surface area contributed by atoms with Gasteiger partial charge in [-0.15, -0.1) is 0 Å². The number of aliphatic carboxylic acids is 1. The second-order valence-corrected chi connectivity index (χ2v) is 21.0. The van der Waals surface area contributed by atoms with E-state index >= 15 is 0 Å². The van der Waals surface area contributed by atoms with E-state index in [2.05, 4.69) is 47.4 Å². The summed E-state index contributed by atoms with van der Waals surface area (Å²) in [5.74, 6) is -7.71. The fourth-order valence-electron chi connectivity index (χ4n) is 10.1. The lowest BCUT2D eigenvalue weighted by atomic mass is 9.86. The number of hydrogen-bond donors (Lipinski definition) is 11. The fourth-order valence-corrected chi connectivity index (χ4v) is 10.1. The Morgan fingerprint density at radius 3 is 2.06 bits per heavy atom. The van der Waals surface area contributed by atoms with Crippen LogP contribution in [0, 0.1) is 0 Å². The normalized spacial score (nSPS) is 19.4. The molecule has 0 radical (unpaired) electrons. The first kappa shape index (κ1) is 65.0. The van der Waals surface area contributed by atoms with Crippen LogP contribution >= 0.6 is 0 Å². The molecule has 89 heavy (non-hydrogen) atoms. The molecule has 0 aliphatic carbocycles. The van der Waals surface area contributed by atoms with E-state index in [-0.39, 0.29) is 115 Å². The first-order chi connectivity index (χ1) is 42.8. The number of pyridine rings is 2. The molecular formula is C60H69N13O16. The minimum absolute atomic E-state index is 0.00192. The number of carboxylic acid groups (broad SMARTS) is 1. The van der Waals surface area contributed by atoms with Gasteiger partial charge in [-0.1, -0.05) is 79.7 Å². The Balaban J connectivity index is 0.788. The van der Waals surface area contributed by atoms with Crippen LogP contribution in [0.15, 0.2) is 99.8 Å². The number of carbonyl (C=O) groups is 9. The quantitative estimate of drug-likeness (QED) is 0.00998. The molecule has 470 valence electrons. The first-order valence-corrected chi connectivity index (χ1v) is 28.6. The molecule has 1 fully saturated rings. The lowest BCUT2D eigenvalue weighted by molar-refractivity contribution is -0.172. The number of hydrazone groups is 1. The number of carboxylic acids is 1. The standard InChI is InChI=1S/C60H69N13O16/c1-2-60(85)41-25-47-52-39(30-73(47)57(83)40(41)31-89-58(60)84)38(37-11-6-7-12-42(37)68-52)28-66-72-50(76)33-88-22-20-86-19-21-87-32-49(75)64-27-36-16-14-35(15-17-36)24-45-54(80)69-43(13-8-18-63-59(61)62)53(79)65-29-48(74)67-46(26-51(77)78)56(82)71-44(55(81)70-45)23-34-9-4-3-5-10-34/h3-7,9-12,14-17,25,28,43-46,85H,2,8,13,18-24,26-27,29-33H2,1H3,(H,64,75)(H,65,79)(H,67,74)(H,69,80)(H,70,81)(H,71,82)(H,72,76)(H,77,78)(H4,61,62,63)/b66-28+/t43-,44+,45-,46-,60-/m0/s1. The zero-order valence-electron chi connectivity index (χ0n) is 48.5. The predicted molar refractivity (Wildman–Crippen MR) is 318 cm³/mol. The monoisotopic (exact) mass is 1230 g/mol. The molecule has 0 saturated carbocycles. The summed E-state index contributed by atoms with van der Waals surface area (Å²) in [5, 5.41) is 41.1. The van der Waals surface area contributed by atoms with E-state index in [0.717, 1.165) is 0 Å². The van der Waals surface area contributed by atoms with E-state index in [0.29, 0.717) is 50.1 Å². The number of amides is 7. The van der Waals surface area contributed by atoms with Crippen molar-refractivity contribution in [2.45, 2.75) is 94.9 Å². The number of nitrogens with zero attached hydrogens (tertiary/aromatic N) is 4. The third-order valence-corrected chi connectivity index (χ3v) is 14.8. The third kappa shape index (κ3) is 17.2. The van der Waals surface area contributed by atoms with Gasteiger partial charge >= 0.3 is 11.9 Å². The van der Waals surface area contributed by atoms with Crippen molar-refractivity contribution >= 4 is 76.4 Å². The van der Waals surface area contributed by atoms with E-state index in [4.69, 9.17) is 35.4 Å². The molecule has 5 heterocycles. The van der Waals surface area contributed by atoms with E-state index < -0.39 is 102 Å². The highest BCUT2D eigenvalue weighted by Crippen LogP contribution is 2.40. The minimum atomic E-state index is -1.98. The topological polar surface area (TPSA) is 427 Å². The molecule has 3 aromatic carbocycles.